The van der Waals surface area contributed by atoms with Crippen molar-refractivity contribution in [3.8, 4) is 0 Å². The summed E-state index contributed by atoms with van der Waals surface area (Å²) in [4.78, 5) is 11.4. The third-order valence-electron chi connectivity index (χ3n) is 3.51. The predicted molar refractivity (Wildman–Crippen MR) is 70.9 cm³/mol. The van der Waals surface area contributed by atoms with Gasteiger partial charge in [0.2, 0.25) is 0 Å². The largest absolute Gasteiger partial charge is 0.546 e. The van der Waals surface area contributed by atoms with E-state index in [0.29, 0.717) is 24.3 Å². The number of alkyl halides is 6. The summed E-state index contributed by atoms with van der Waals surface area (Å²) in [6, 6.07) is 5.32. The molecule has 0 unspecified atom stereocenters. The van der Waals surface area contributed by atoms with Crippen LogP contribution in [0.2, 0.25) is 0 Å². The molecule has 0 saturated carbocycles. The van der Waals surface area contributed by atoms with Gasteiger partial charge in [-0.1, -0.05) is 24.3 Å². The topological polar surface area (TPSA) is 60.4 Å². The van der Waals surface area contributed by atoms with Gasteiger partial charge in [0.15, 0.2) is 5.60 Å². The molecule has 0 saturated heterocycles. The normalized spacial score (nSPS) is 12.9. The summed E-state index contributed by atoms with van der Waals surface area (Å²) in [5.41, 5.74) is -7.28. The Hall–Kier alpha value is -2.55. The summed E-state index contributed by atoms with van der Waals surface area (Å²) in [5.74, 6) is -2.26. The van der Waals surface area contributed by atoms with Gasteiger partial charge in [0.25, 0.3) is 0 Å². The number of hydrogen-bond acceptors (Lipinski definition) is 3. The van der Waals surface area contributed by atoms with Gasteiger partial charge in [-0.25, -0.2) is 0 Å². The maximum atomic E-state index is 12.8. The van der Waals surface area contributed by atoms with Crippen LogP contribution in [0.3, 0.4) is 0 Å². The van der Waals surface area contributed by atoms with Crippen LogP contribution >= 0.6 is 0 Å². The average Bonchev–Trinajstić information content (AvgIpc) is 2.52. The lowest BCUT2D eigenvalue weighted by Crippen LogP contribution is -2.47. The minimum absolute atomic E-state index is 0.343. The van der Waals surface area contributed by atoms with E-state index in [0.717, 1.165) is 24.3 Å². The minimum atomic E-state index is -4.84. The number of benzene rings is 2. The average molecular weight is 363 g/mol. The SMILES string of the molecule is O=C([O-])C(O)(c1cccc(C(F)(F)F)c1)c1cccc(C(F)(F)F)c1. The zero-order valence-electron chi connectivity index (χ0n) is 12.2. The second-order valence-electron chi connectivity index (χ2n) is 5.15. The van der Waals surface area contributed by atoms with E-state index < -0.39 is 46.2 Å². The maximum absolute atomic E-state index is 12.8. The number of carbonyl (C=O) groups excluding carboxylic acids is 1. The molecular formula is C16H9F6O3-. The Kier molecular flexibility index (Phi) is 4.56. The molecule has 2 rings (SSSR count). The van der Waals surface area contributed by atoms with E-state index in [9.17, 15) is 41.4 Å². The van der Waals surface area contributed by atoms with E-state index in [4.69, 9.17) is 0 Å². The molecule has 9 heteroatoms. The van der Waals surface area contributed by atoms with Crippen LogP contribution in [0.25, 0.3) is 0 Å². The van der Waals surface area contributed by atoms with Crippen LogP contribution < -0.4 is 5.11 Å². The highest BCUT2D eigenvalue weighted by molar-refractivity contribution is 5.82. The molecule has 0 atom stereocenters. The van der Waals surface area contributed by atoms with Crippen molar-refractivity contribution >= 4 is 5.97 Å². The molecule has 25 heavy (non-hydrogen) atoms. The summed E-state index contributed by atoms with van der Waals surface area (Å²) >= 11 is 0. The fourth-order valence-corrected chi connectivity index (χ4v) is 2.24. The van der Waals surface area contributed by atoms with E-state index in [-0.39, 0.29) is 0 Å². The molecule has 3 nitrogen and oxygen atoms in total. The monoisotopic (exact) mass is 363 g/mol. The zero-order chi connectivity index (χ0) is 19.0. The lowest BCUT2D eigenvalue weighted by molar-refractivity contribution is -0.323. The first-order valence-corrected chi connectivity index (χ1v) is 6.66. The summed E-state index contributed by atoms with van der Waals surface area (Å²) < 4.78 is 76.7. The third kappa shape index (κ3) is 3.60. The fourth-order valence-electron chi connectivity index (χ4n) is 2.24. The molecular weight excluding hydrogens is 354 g/mol. The van der Waals surface area contributed by atoms with E-state index >= 15 is 0 Å². The van der Waals surface area contributed by atoms with E-state index in [1.807, 2.05) is 0 Å². The lowest BCUT2D eigenvalue weighted by atomic mass is 9.85. The van der Waals surface area contributed by atoms with Crippen molar-refractivity contribution in [2.75, 3.05) is 0 Å². The van der Waals surface area contributed by atoms with Gasteiger partial charge in [0.1, 0.15) is 0 Å². The third-order valence-corrected chi connectivity index (χ3v) is 3.51. The summed E-state index contributed by atoms with van der Waals surface area (Å²) in [6.45, 7) is 0. The molecule has 134 valence electrons. The molecule has 2 aromatic rings. The molecule has 0 bridgehead atoms. The van der Waals surface area contributed by atoms with Crippen LogP contribution in [0.5, 0.6) is 0 Å². The standard InChI is InChI=1S/C16H10F6O3/c17-15(18,19)11-5-1-3-9(7-11)14(25,13(23)24)10-4-2-6-12(8-10)16(20,21)22/h1-8,25H,(H,23,24)/p-1. The number of hydrogen-bond donors (Lipinski definition) is 1. The molecule has 0 aliphatic heterocycles. The van der Waals surface area contributed by atoms with Crippen molar-refractivity contribution in [2.24, 2.45) is 0 Å². The van der Waals surface area contributed by atoms with Crippen molar-refractivity contribution < 1.29 is 41.4 Å². The molecule has 1 N–H and O–H groups in total. The Morgan fingerprint density at radius 1 is 0.760 bits per heavy atom. The Balaban J connectivity index is 2.67. The first-order valence-electron chi connectivity index (χ1n) is 6.66. The molecule has 2 aromatic carbocycles. The van der Waals surface area contributed by atoms with Gasteiger partial charge in [-0.05, 0) is 35.4 Å². The smallest absolute Gasteiger partial charge is 0.416 e. The maximum Gasteiger partial charge on any atom is 0.416 e. The van der Waals surface area contributed by atoms with Crippen LogP contribution in [-0.2, 0) is 22.7 Å². The zero-order valence-corrected chi connectivity index (χ0v) is 12.2. The predicted octanol–water partition coefficient (Wildman–Crippen LogP) is 2.71. The Morgan fingerprint density at radius 2 is 1.08 bits per heavy atom. The number of halogens is 6. The second-order valence-corrected chi connectivity index (χ2v) is 5.15. The number of rotatable bonds is 3. The van der Waals surface area contributed by atoms with Crippen molar-refractivity contribution in [3.63, 3.8) is 0 Å². The summed E-state index contributed by atoms with van der Waals surface area (Å²) in [7, 11) is 0. The van der Waals surface area contributed by atoms with Crippen molar-refractivity contribution in [1.82, 2.24) is 0 Å². The number of aliphatic hydroxyl groups is 1. The summed E-state index contributed by atoms with van der Waals surface area (Å²) in [6.07, 6.45) is -9.67. The van der Waals surface area contributed by atoms with E-state index in [1.165, 1.54) is 0 Å². The van der Waals surface area contributed by atoms with Crippen molar-refractivity contribution in [1.29, 1.82) is 0 Å². The highest BCUT2D eigenvalue weighted by Gasteiger charge is 2.39. The van der Waals surface area contributed by atoms with Crippen LogP contribution in [0.1, 0.15) is 22.3 Å². The highest BCUT2D eigenvalue weighted by Crippen LogP contribution is 2.37. The van der Waals surface area contributed by atoms with Gasteiger partial charge in [0.05, 0.1) is 17.1 Å². The summed E-state index contributed by atoms with van der Waals surface area (Å²) in [5, 5.41) is 21.8. The molecule has 0 aromatic heterocycles. The van der Waals surface area contributed by atoms with Crippen LogP contribution in [0, 0.1) is 0 Å². The number of carbonyl (C=O) groups is 1. The van der Waals surface area contributed by atoms with Gasteiger partial charge in [-0.3, -0.25) is 0 Å². The van der Waals surface area contributed by atoms with Gasteiger partial charge in [-0.2, -0.15) is 26.3 Å². The highest BCUT2D eigenvalue weighted by atomic mass is 19.4. The number of aliphatic carboxylic acids is 1. The first-order chi connectivity index (χ1) is 11.4. The van der Waals surface area contributed by atoms with Gasteiger partial charge >= 0.3 is 12.4 Å². The van der Waals surface area contributed by atoms with Crippen molar-refractivity contribution in [2.45, 2.75) is 18.0 Å². The molecule has 0 radical (unpaired) electrons. The Bertz CT molecular complexity index is 737. The fraction of sp³-hybridized carbons (Fsp3) is 0.188. The quantitative estimate of drug-likeness (QED) is 0.853. The van der Waals surface area contributed by atoms with E-state index in [2.05, 4.69) is 0 Å². The molecule has 0 aliphatic rings. The first kappa shape index (κ1) is 18.8. The minimum Gasteiger partial charge on any atom is -0.546 e. The van der Waals surface area contributed by atoms with Gasteiger partial charge in [-0.15, -0.1) is 0 Å². The number of carboxylic acids is 1. The number of carboxylic acid groups (broad SMARTS) is 1. The molecule has 0 fully saturated rings. The van der Waals surface area contributed by atoms with Crippen LogP contribution in [0.4, 0.5) is 26.3 Å². The Labute approximate surface area is 137 Å². The molecule has 0 amide bonds. The van der Waals surface area contributed by atoms with Crippen molar-refractivity contribution in [3.05, 3.63) is 70.8 Å². The van der Waals surface area contributed by atoms with E-state index in [1.54, 1.807) is 0 Å². The van der Waals surface area contributed by atoms with Crippen LogP contribution in [-0.4, -0.2) is 11.1 Å². The molecule has 0 aliphatic carbocycles. The van der Waals surface area contributed by atoms with Crippen LogP contribution in [0.15, 0.2) is 48.5 Å². The lowest BCUT2D eigenvalue weighted by Gasteiger charge is -2.31. The second kappa shape index (κ2) is 6.07. The molecule has 0 spiro atoms. The molecule has 0 heterocycles. The Morgan fingerprint density at radius 3 is 1.36 bits per heavy atom. The van der Waals surface area contributed by atoms with Gasteiger partial charge < -0.3 is 15.0 Å². The van der Waals surface area contributed by atoms with Gasteiger partial charge in [0, 0.05) is 0 Å².